The van der Waals surface area contributed by atoms with E-state index in [-0.39, 0.29) is 23.8 Å². The first-order valence-electron chi connectivity index (χ1n) is 5.15. The highest BCUT2D eigenvalue weighted by Crippen LogP contribution is 2.33. The van der Waals surface area contributed by atoms with Gasteiger partial charge in [-0.05, 0) is 18.2 Å². The number of hydrogen-bond acceptors (Lipinski definition) is 2. The molecule has 1 rings (SSSR count). The predicted octanol–water partition coefficient (Wildman–Crippen LogP) is 2.52. The van der Waals surface area contributed by atoms with E-state index >= 15 is 0 Å². The van der Waals surface area contributed by atoms with Crippen molar-refractivity contribution >= 4 is 23.2 Å². The van der Waals surface area contributed by atoms with Crippen molar-refractivity contribution in [2.45, 2.75) is 6.18 Å². The monoisotopic (exact) mass is 290 g/mol. The van der Waals surface area contributed by atoms with Crippen molar-refractivity contribution in [1.29, 1.82) is 0 Å². The topological polar surface area (TPSA) is 41.1 Å². The molecular formula is C12H10ClF3N2O. The summed E-state index contributed by atoms with van der Waals surface area (Å²) in [6.45, 7) is 0.0700. The lowest BCUT2D eigenvalue weighted by Gasteiger charge is -2.11. The van der Waals surface area contributed by atoms with E-state index in [9.17, 15) is 18.0 Å². The first kappa shape index (κ1) is 15.3. The molecular weight excluding hydrogens is 281 g/mol. The maximum atomic E-state index is 12.5. The molecule has 1 aromatic rings. The summed E-state index contributed by atoms with van der Waals surface area (Å²) in [4.78, 5) is 11.4. The molecule has 1 aromatic carbocycles. The fourth-order valence-electron chi connectivity index (χ4n) is 1.24. The Morgan fingerprint density at radius 1 is 1.42 bits per heavy atom. The van der Waals surface area contributed by atoms with Gasteiger partial charge in [0.15, 0.2) is 0 Å². The molecule has 0 radical (unpaired) electrons. The van der Waals surface area contributed by atoms with Crippen molar-refractivity contribution < 1.29 is 18.0 Å². The second-order valence-corrected chi connectivity index (χ2v) is 3.96. The van der Waals surface area contributed by atoms with Crippen molar-refractivity contribution in [3.63, 3.8) is 0 Å². The number of benzene rings is 1. The molecule has 0 aliphatic carbocycles. The van der Waals surface area contributed by atoms with Crippen LogP contribution in [-0.2, 0) is 11.0 Å². The maximum Gasteiger partial charge on any atom is 0.416 e. The third kappa shape index (κ3) is 4.81. The third-order valence-electron chi connectivity index (χ3n) is 2.08. The van der Waals surface area contributed by atoms with Gasteiger partial charge in [0, 0.05) is 0 Å². The Balaban J connectivity index is 2.78. The zero-order chi connectivity index (χ0) is 14.5. The van der Waals surface area contributed by atoms with Gasteiger partial charge in [0.25, 0.3) is 0 Å². The van der Waals surface area contributed by atoms with Crippen molar-refractivity contribution in [2.75, 3.05) is 18.4 Å². The smallest absolute Gasteiger partial charge is 0.324 e. The van der Waals surface area contributed by atoms with Gasteiger partial charge in [-0.3, -0.25) is 10.1 Å². The van der Waals surface area contributed by atoms with Crippen LogP contribution in [0.5, 0.6) is 0 Å². The molecule has 0 bridgehead atoms. The zero-order valence-corrected chi connectivity index (χ0v) is 10.4. The van der Waals surface area contributed by atoms with E-state index in [2.05, 4.69) is 16.6 Å². The molecule has 0 heterocycles. The molecule has 0 aromatic heterocycles. The van der Waals surface area contributed by atoms with Crippen molar-refractivity contribution in [3.05, 3.63) is 28.8 Å². The summed E-state index contributed by atoms with van der Waals surface area (Å²) in [6, 6.07) is 2.70. The minimum Gasteiger partial charge on any atom is -0.324 e. The number of carbonyl (C=O) groups excluding carboxylic acids is 1. The van der Waals surface area contributed by atoms with Crippen LogP contribution in [0.25, 0.3) is 0 Å². The van der Waals surface area contributed by atoms with Crippen LogP contribution in [0, 0.1) is 12.3 Å². The van der Waals surface area contributed by atoms with Crippen LogP contribution in [0.3, 0.4) is 0 Å². The molecule has 7 heteroatoms. The normalized spacial score (nSPS) is 10.9. The van der Waals surface area contributed by atoms with E-state index in [0.717, 1.165) is 18.2 Å². The molecule has 0 saturated heterocycles. The highest BCUT2D eigenvalue weighted by atomic mass is 35.5. The summed E-state index contributed by atoms with van der Waals surface area (Å²) < 4.78 is 37.5. The second kappa shape index (κ2) is 6.45. The number of alkyl halides is 3. The second-order valence-electron chi connectivity index (χ2n) is 3.55. The molecule has 1 amide bonds. The predicted molar refractivity (Wildman–Crippen MR) is 66.8 cm³/mol. The van der Waals surface area contributed by atoms with Crippen LogP contribution in [0.4, 0.5) is 18.9 Å². The van der Waals surface area contributed by atoms with E-state index in [1.165, 1.54) is 0 Å². The number of nitrogens with one attached hydrogen (secondary N) is 2. The van der Waals surface area contributed by atoms with Crippen LogP contribution in [0.1, 0.15) is 5.56 Å². The van der Waals surface area contributed by atoms with Crippen molar-refractivity contribution in [3.8, 4) is 12.3 Å². The Morgan fingerprint density at radius 2 is 2.11 bits per heavy atom. The average molecular weight is 291 g/mol. The number of halogens is 4. The van der Waals surface area contributed by atoms with E-state index < -0.39 is 17.6 Å². The summed E-state index contributed by atoms with van der Waals surface area (Å²) >= 11 is 5.72. The van der Waals surface area contributed by atoms with Gasteiger partial charge in [0.05, 0.1) is 29.4 Å². The van der Waals surface area contributed by atoms with Gasteiger partial charge in [-0.25, -0.2) is 0 Å². The number of carbonyl (C=O) groups is 1. The minimum absolute atomic E-state index is 0.0262. The Kier molecular flexibility index (Phi) is 5.21. The number of amides is 1. The maximum absolute atomic E-state index is 12.5. The fourth-order valence-corrected chi connectivity index (χ4v) is 1.40. The molecule has 19 heavy (non-hydrogen) atoms. The molecule has 0 atom stereocenters. The minimum atomic E-state index is -4.49. The molecule has 0 saturated carbocycles. The van der Waals surface area contributed by atoms with Crippen LogP contribution in [0.2, 0.25) is 5.02 Å². The van der Waals surface area contributed by atoms with E-state index in [1.54, 1.807) is 0 Å². The molecule has 0 fully saturated rings. The number of hydrogen-bond donors (Lipinski definition) is 2. The first-order chi connectivity index (χ1) is 8.84. The quantitative estimate of drug-likeness (QED) is 0.661. The third-order valence-corrected chi connectivity index (χ3v) is 2.41. The lowest BCUT2D eigenvalue weighted by atomic mass is 10.2. The highest BCUT2D eigenvalue weighted by Gasteiger charge is 2.31. The molecule has 3 nitrogen and oxygen atoms in total. The van der Waals surface area contributed by atoms with Gasteiger partial charge in [-0.2, -0.15) is 13.2 Å². The summed E-state index contributed by atoms with van der Waals surface area (Å²) in [6.07, 6.45) is 0.475. The molecule has 0 aliphatic rings. The molecule has 0 aliphatic heterocycles. The summed E-state index contributed by atoms with van der Waals surface area (Å²) in [5.74, 6) is 1.73. The molecule has 0 unspecified atom stereocenters. The Bertz CT molecular complexity index is 509. The van der Waals surface area contributed by atoms with E-state index in [0.29, 0.717) is 0 Å². The fraction of sp³-hybridized carbons (Fsp3) is 0.250. The lowest BCUT2D eigenvalue weighted by molar-refractivity contribution is -0.137. The van der Waals surface area contributed by atoms with Gasteiger partial charge in [0.2, 0.25) is 5.91 Å². The van der Waals surface area contributed by atoms with Crippen LogP contribution < -0.4 is 10.6 Å². The highest BCUT2D eigenvalue weighted by molar-refractivity contribution is 6.33. The summed E-state index contributed by atoms with van der Waals surface area (Å²) in [5.41, 5.74) is -0.979. The number of rotatable bonds is 4. The van der Waals surface area contributed by atoms with Crippen LogP contribution >= 0.6 is 11.6 Å². The summed E-state index contributed by atoms with van der Waals surface area (Å²) in [7, 11) is 0. The number of anilines is 1. The molecule has 102 valence electrons. The van der Waals surface area contributed by atoms with Crippen molar-refractivity contribution in [2.24, 2.45) is 0 Å². The van der Waals surface area contributed by atoms with Gasteiger partial charge in [-0.15, -0.1) is 6.42 Å². The van der Waals surface area contributed by atoms with Gasteiger partial charge in [-0.1, -0.05) is 17.5 Å². The van der Waals surface area contributed by atoms with Crippen LogP contribution in [0.15, 0.2) is 18.2 Å². The SMILES string of the molecule is C#CCNCC(=O)Nc1cc(C(F)(F)F)ccc1Cl. The van der Waals surface area contributed by atoms with Crippen LogP contribution in [-0.4, -0.2) is 19.0 Å². The van der Waals surface area contributed by atoms with E-state index in [4.69, 9.17) is 18.0 Å². The lowest BCUT2D eigenvalue weighted by Crippen LogP contribution is -2.28. The largest absolute Gasteiger partial charge is 0.416 e. The van der Waals surface area contributed by atoms with Crippen molar-refractivity contribution in [1.82, 2.24) is 5.32 Å². The Morgan fingerprint density at radius 3 is 2.68 bits per heavy atom. The zero-order valence-electron chi connectivity index (χ0n) is 9.64. The summed E-state index contributed by atoms with van der Waals surface area (Å²) in [5, 5.41) is 4.91. The standard InChI is InChI=1S/C12H10ClF3N2O/c1-2-5-17-7-11(19)18-10-6-8(12(14,15)16)3-4-9(10)13/h1,3-4,6,17H,5,7H2,(H,18,19). The van der Waals surface area contributed by atoms with Gasteiger partial charge in [0.1, 0.15) is 0 Å². The Hall–Kier alpha value is -1.71. The van der Waals surface area contributed by atoms with E-state index in [1.807, 2.05) is 0 Å². The first-order valence-corrected chi connectivity index (χ1v) is 5.53. The molecule has 0 spiro atoms. The average Bonchev–Trinajstić information content (AvgIpc) is 2.31. The van der Waals surface area contributed by atoms with Gasteiger partial charge >= 0.3 is 6.18 Å². The molecule has 2 N–H and O–H groups in total. The van der Waals surface area contributed by atoms with Gasteiger partial charge < -0.3 is 5.32 Å². The Labute approximate surface area is 113 Å². The number of terminal acetylenes is 1.